The summed E-state index contributed by atoms with van der Waals surface area (Å²) < 4.78 is 25.6. The van der Waals surface area contributed by atoms with Crippen LogP contribution in [0.3, 0.4) is 0 Å². The van der Waals surface area contributed by atoms with Crippen LogP contribution in [0.5, 0.6) is 0 Å². The number of aromatic amines is 1. The van der Waals surface area contributed by atoms with Gasteiger partial charge in [-0.05, 0) is 29.1 Å². The van der Waals surface area contributed by atoms with Gasteiger partial charge in [-0.2, -0.15) is 0 Å². The van der Waals surface area contributed by atoms with E-state index in [1.807, 2.05) is 0 Å². The fraction of sp³-hybridized carbons (Fsp3) is 0.250. The summed E-state index contributed by atoms with van der Waals surface area (Å²) in [5, 5.41) is 9.43. The third-order valence-electron chi connectivity index (χ3n) is 2.70. The number of alkyl halides is 2. The van der Waals surface area contributed by atoms with Crippen molar-refractivity contribution in [2.24, 2.45) is 0 Å². The van der Waals surface area contributed by atoms with Crippen molar-refractivity contribution in [3.05, 3.63) is 36.0 Å². The molecule has 1 aromatic heterocycles. The highest BCUT2D eigenvalue weighted by Gasteiger charge is 2.25. The highest BCUT2D eigenvalue weighted by molar-refractivity contribution is 5.80. The number of halogens is 2. The lowest BCUT2D eigenvalue weighted by Crippen LogP contribution is -2.14. The Labute approximate surface area is 96.1 Å². The number of nitrogens with one attached hydrogen (secondary N) is 1. The monoisotopic (exact) mass is 239 g/mol. The summed E-state index contributed by atoms with van der Waals surface area (Å²) in [5.74, 6) is -2.48. The number of aromatic nitrogens is 1. The first-order valence-corrected chi connectivity index (χ1v) is 5.15. The van der Waals surface area contributed by atoms with Gasteiger partial charge in [0.1, 0.15) is 0 Å². The highest BCUT2D eigenvalue weighted by atomic mass is 19.3. The fourth-order valence-electron chi connectivity index (χ4n) is 1.84. The van der Waals surface area contributed by atoms with Crippen molar-refractivity contribution in [2.75, 3.05) is 0 Å². The molecule has 5 heteroatoms. The molecular formula is C12H11F2NO2. The van der Waals surface area contributed by atoms with E-state index in [1.165, 1.54) is 0 Å². The zero-order valence-electron chi connectivity index (χ0n) is 8.86. The lowest BCUT2D eigenvalue weighted by Gasteiger charge is -2.14. The SMILES string of the molecule is O=C(O)CC(c1ccc2[nH]ccc2c1)C(F)F. The topological polar surface area (TPSA) is 53.1 Å². The van der Waals surface area contributed by atoms with E-state index in [-0.39, 0.29) is 0 Å². The number of hydrogen-bond acceptors (Lipinski definition) is 1. The van der Waals surface area contributed by atoms with E-state index in [2.05, 4.69) is 4.98 Å². The second-order valence-corrected chi connectivity index (χ2v) is 3.86. The second-order valence-electron chi connectivity index (χ2n) is 3.86. The molecule has 0 spiro atoms. The van der Waals surface area contributed by atoms with Crippen LogP contribution in [0, 0.1) is 0 Å². The Morgan fingerprint density at radius 2 is 2.12 bits per heavy atom. The third kappa shape index (κ3) is 2.43. The van der Waals surface area contributed by atoms with Crippen LogP contribution in [0.15, 0.2) is 30.5 Å². The Hall–Kier alpha value is -1.91. The van der Waals surface area contributed by atoms with Gasteiger partial charge in [-0.1, -0.05) is 6.07 Å². The van der Waals surface area contributed by atoms with Crippen LogP contribution in [0.1, 0.15) is 17.9 Å². The van der Waals surface area contributed by atoms with Gasteiger partial charge < -0.3 is 10.1 Å². The van der Waals surface area contributed by atoms with E-state index in [0.29, 0.717) is 5.56 Å². The number of carboxylic acids is 1. The van der Waals surface area contributed by atoms with Crippen LogP contribution in [-0.2, 0) is 4.79 Å². The van der Waals surface area contributed by atoms with E-state index in [4.69, 9.17) is 5.11 Å². The first-order chi connectivity index (χ1) is 8.08. The molecule has 1 atom stereocenters. The lowest BCUT2D eigenvalue weighted by molar-refractivity contribution is -0.138. The van der Waals surface area contributed by atoms with Gasteiger partial charge in [-0.15, -0.1) is 0 Å². The van der Waals surface area contributed by atoms with Crippen molar-refractivity contribution in [1.82, 2.24) is 4.98 Å². The molecule has 0 aliphatic carbocycles. The minimum Gasteiger partial charge on any atom is -0.481 e. The molecule has 0 fully saturated rings. The largest absolute Gasteiger partial charge is 0.481 e. The zero-order valence-corrected chi connectivity index (χ0v) is 8.86. The molecule has 0 aliphatic rings. The lowest BCUT2D eigenvalue weighted by atomic mass is 9.95. The van der Waals surface area contributed by atoms with Crippen LogP contribution in [0.4, 0.5) is 8.78 Å². The fourth-order valence-corrected chi connectivity index (χ4v) is 1.84. The maximum Gasteiger partial charge on any atom is 0.304 e. The molecule has 0 saturated carbocycles. The van der Waals surface area contributed by atoms with Crippen molar-refractivity contribution in [3.8, 4) is 0 Å². The molecule has 0 saturated heterocycles. The number of carbonyl (C=O) groups is 1. The summed E-state index contributed by atoms with van der Waals surface area (Å²) in [5.41, 5.74) is 1.20. The maximum atomic E-state index is 12.8. The van der Waals surface area contributed by atoms with Crippen molar-refractivity contribution in [2.45, 2.75) is 18.8 Å². The van der Waals surface area contributed by atoms with Crippen molar-refractivity contribution >= 4 is 16.9 Å². The van der Waals surface area contributed by atoms with Crippen LogP contribution in [-0.4, -0.2) is 22.5 Å². The predicted molar refractivity (Wildman–Crippen MR) is 59.3 cm³/mol. The molecule has 2 aromatic rings. The van der Waals surface area contributed by atoms with Crippen LogP contribution < -0.4 is 0 Å². The molecule has 0 amide bonds. The average Bonchev–Trinajstić information content (AvgIpc) is 2.72. The van der Waals surface area contributed by atoms with E-state index in [1.54, 1.807) is 30.5 Å². The van der Waals surface area contributed by atoms with Gasteiger partial charge in [0, 0.05) is 11.7 Å². The van der Waals surface area contributed by atoms with Gasteiger partial charge in [0.15, 0.2) is 0 Å². The van der Waals surface area contributed by atoms with Gasteiger partial charge in [0.05, 0.1) is 12.3 Å². The number of aliphatic carboxylic acids is 1. The minimum atomic E-state index is -2.68. The predicted octanol–water partition coefficient (Wildman–Crippen LogP) is 2.99. The smallest absolute Gasteiger partial charge is 0.304 e. The number of H-pyrrole nitrogens is 1. The summed E-state index contributed by atoms with van der Waals surface area (Å²) in [6.45, 7) is 0. The summed E-state index contributed by atoms with van der Waals surface area (Å²) in [4.78, 5) is 13.5. The van der Waals surface area contributed by atoms with Crippen LogP contribution in [0.25, 0.3) is 10.9 Å². The molecule has 1 heterocycles. The van der Waals surface area contributed by atoms with Gasteiger partial charge in [-0.25, -0.2) is 8.78 Å². The van der Waals surface area contributed by atoms with Gasteiger partial charge in [0.2, 0.25) is 6.43 Å². The van der Waals surface area contributed by atoms with Gasteiger partial charge >= 0.3 is 5.97 Å². The van der Waals surface area contributed by atoms with E-state index >= 15 is 0 Å². The number of hydrogen-bond donors (Lipinski definition) is 2. The Morgan fingerprint density at radius 1 is 1.35 bits per heavy atom. The first-order valence-electron chi connectivity index (χ1n) is 5.15. The third-order valence-corrected chi connectivity index (χ3v) is 2.70. The molecular weight excluding hydrogens is 228 g/mol. The van der Waals surface area contributed by atoms with Gasteiger partial charge in [-0.3, -0.25) is 4.79 Å². The molecule has 1 aromatic carbocycles. The molecule has 2 rings (SSSR count). The summed E-state index contributed by atoms with van der Waals surface area (Å²) >= 11 is 0. The van der Waals surface area contributed by atoms with E-state index in [0.717, 1.165) is 10.9 Å². The second kappa shape index (κ2) is 4.53. The standard InChI is InChI=1S/C12H11F2NO2/c13-12(14)9(6-11(16)17)7-1-2-10-8(5-7)3-4-15-10/h1-5,9,12,15H,6H2,(H,16,17). The Balaban J connectivity index is 2.37. The summed E-state index contributed by atoms with van der Waals surface area (Å²) in [6, 6.07) is 6.59. The normalized spacial score (nSPS) is 13.1. The average molecular weight is 239 g/mol. The van der Waals surface area contributed by atoms with Crippen molar-refractivity contribution in [1.29, 1.82) is 0 Å². The Morgan fingerprint density at radius 3 is 2.76 bits per heavy atom. The molecule has 0 bridgehead atoms. The van der Waals surface area contributed by atoms with Crippen LogP contribution >= 0.6 is 0 Å². The molecule has 3 nitrogen and oxygen atoms in total. The van der Waals surface area contributed by atoms with E-state index < -0.39 is 24.7 Å². The number of rotatable bonds is 4. The number of benzene rings is 1. The molecule has 0 aliphatic heterocycles. The Kier molecular flexibility index (Phi) is 3.08. The molecule has 1 unspecified atom stereocenters. The summed E-state index contributed by atoms with van der Waals surface area (Å²) in [6.07, 6.45) is -1.53. The Bertz CT molecular complexity index is 536. The summed E-state index contributed by atoms with van der Waals surface area (Å²) in [7, 11) is 0. The quantitative estimate of drug-likeness (QED) is 0.861. The number of carboxylic acid groups (broad SMARTS) is 1. The first kappa shape index (κ1) is 11.6. The van der Waals surface area contributed by atoms with Crippen molar-refractivity contribution in [3.63, 3.8) is 0 Å². The number of fused-ring (bicyclic) bond motifs is 1. The molecule has 90 valence electrons. The highest BCUT2D eigenvalue weighted by Crippen LogP contribution is 2.29. The van der Waals surface area contributed by atoms with Crippen molar-refractivity contribution < 1.29 is 18.7 Å². The molecule has 0 radical (unpaired) electrons. The van der Waals surface area contributed by atoms with Gasteiger partial charge in [0.25, 0.3) is 0 Å². The maximum absolute atomic E-state index is 12.8. The van der Waals surface area contributed by atoms with E-state index in [9.17, 15) is 13.6 Å². The minimum absolute atomic E-state index is 0.356. The molecule has 2 N–H and O–H groups in total. The van der Waals surface area contributed by atoms with Crippen LogP contribution in [0.2, 0.25) is 0 Å². The zero-order chi connectivity index (χ0) is 12.4. The molecule has 17 heavy (non-hydrogen) atoms.